The third-order valence-corrected chi connectivity index (χ3v) is 5.77. The van der Waals surface area contributed by atoms with Gasteiger partial charge in [0.05, 0.1) is 5.60 Å². The Balaban J connectivity index is 1.73. The third-order valence-electron chi connectivity index (χ3n) is 4.16. The molecule has 1 aromatic heterocycles. The number of nitrogens with zero attached hydrogens (tertiary/aromatic N) is 3. The second-order valence-electron chi connectivity index (χ2n) is 6.08. The molecule has 1 aliphatic heterocycles. The van der Waals surface area contributed by atoms with Gasteiger partial charge in [-0.05, 0) is 18.9 Å². The quantitative estimate of drug-likeness (QED) is 0.925. The van der Waals surface area contributed by atoms with Gasteiger partial charge in [-0.2, -0.15) is 0 Å². The van der Waals surface area contributed by atoms with Gasteiger partial charge in [0, 0.05) is 29.6 Å². The van der Waals surface area contributed by atoms with Crippen molar-refractivity contribution in [2.24, 2.45) is 0 Å². The van der Waals surface area contributed by atoms with Crippen molar-refractivity contribution in [1.29, 1.82) is 0 Å². The molecule has 1 fully saturated rings. The molecule has 6 heteroatoms. The lowest BCUT2D eigenvalue weighted by Crippen LogP contribution is -2.42. The highest BCUT2D eigenvalue weighted by molar-refractivity contribution is 7.15. The van der Waals surface area contributed by atoms with Gasteiger partial charge < -0.3 is 10.0 Å². The number of rotatable bonds is 3. The number of benzene rings is 1. The van der Waals surface area contributed by atoms with E-state index in [0.29, 0.717) is 23.8 Å². The topological polar surface area (TPSA) is 49.2 Å². The van der Waals surface area contributed by atoms with E-state index in [4.69, 9.17) is 11.6 Å². The van der Waals surface area contributed by atoms with Crippen LogP contribution in [0.5, 0.6) is 0 Å². The van der Waals surface area contributed by atoms with Crippen molar-refractivity contribution < 1.29 is 5.11 Å². The Hall–Kier alpha value is -1.17. The van der Waals surface area contributed by atoms with Crippen LogP contribution in [0.15, 0.2) is 24.3 Å². The summed E-state index contributed by atoms with van der Waals surface area (Å²) in [6, 6.07) is 7.56. The van der Waals surface area contributed by atoms with E-state index in [1.807, 2.05) is 24.3 Å². The first-order valence-electron chi connectivity index (χ1n) is 7.55. The molecule has 118 valence electrons. The van der Waals surface area contributed by atoms with Crippen molar-refractivity contribution >= 4 is 28.1 Å². The maximum Gasteiger partial charge on any atom is 0.208 e. The zero-order valence-electron chi connectivity index (χ0n) is 12.8. The van der Waals surface area contributed by atoms with Gasteiger partial charge in [-0.25, -0.2) is 0 Å². The highest BCUT2D eigenvalue weighted by Gasteiger charge is 2.36. The van der Waals surface area contributed by atoms with Crippen LogP contribution >= 0.6 is 22.9 Å². The molecule has 1 N–H and O–H groups in total. The van der Waals surface area contributed by atoms with E-state index in [9.17, 15) is 5.11 Å². The molecule has 22 heavy (non-hydrogen) atoms. The van der Waals surface area contributed by atoms with E-state index in [-0.39, 0.29) is 0 Å². The largest absolute Gasteiger partial charge is 0.385 e. The minimum Gasteiger partial charge on any atom is -0.385 e. The summed E-state index contributed by atoms with van der Waals surface area (Å²) in [6.45, 7) is 5.76. The number of hydrogen-bond acceptors (Lipinski definition) is 5. The Labute approximate surface area is 139 Å². The normalized spacial score (nSPS) is 18.0. The van der Waals surface area contributed by atoms with E-state index in [0.717, 1.165) is 28.8 Å². The zero-order chi connectivity index (χ0) is 15.7. The zero-order valence-corrected chi connectivity index (χ0v) is 14.4. The van der Waals surface area contributed by atoms with E-state index in [1.54, 1.807) is 11.3 Å². The van der Waals surface area contributed by atoms with Crippen molar-refractivity contribution in [3.63, 3.8) is 0 Å². The lowest BCUT2D eigenvalue weighted by atomic mass is 9.84. The van der Waals surface area contributed by atoms with Crippen LogP contribution in [0.3, 0.4) is 0 Å². The summed E-state index contributed by atoms with van der Waals surface area (Å²) in [7, 11) is 0. The molecule has 4 nitrogen and oxygen atoms in total. The average molecular weight is 338 g/mol. The fourth-order valence-corrected chi connectivity index (χ4v) is 3.97. The highest BCUT2D eigenvalue weighted by atomic mass is 35.5. The Bertz CT molecular complexity index is 650. The summed E-state index contributed by atoms with van der Waals surface area (Å²) < 4.78 is 0. The van der Waals surface area contributed by atoms with Gasteiger partial charge in [-0.3, -0.25) is 0 Å². The van der Waals surface area contributed by atoms with Crippen LogP contribution in [-0.2, 0) is 5.60 Å². The smallest absolute Gasteiger partial charge is 0.208 e. The second-order valence-corrected chi connectivity index (χ2v) is 7.47. The Morgan fingerprint density at radius 3 is 2.50 bits per heavy atom. The molecule has 2 heterocycles. The van der Waals surface area contributed by atoms with Crippen LogP contribution in [-0.4, -0.2) is 28.4 Å². The first-order valence-corrected chi connectivity index (χ1v) is 8.75. The molecular weight excluding hydrogens is 318 g/mol. The lowest BCUT2D eigenvalue weighted by molar-refractivity contribution is 0.0118. The van der Waals surface area contributed by atoms with E-state index in [1.165, 1.54) is 0 Å². The Morgan fingerprint density at radius 2 is 1.91 bits per heavy atom. The van der Waals surface area contributed by atoms with Gasteiger partial charge in [-0.15, -0.1) is 10.2 Å². The minimum atomic E-state index is -0.847. The van der Waals surface area contributed by atoms with Gasteiger partial charge in [0.2, 0.25) is 5.13 Å². The van der Waals surface area contributed by atoms with Crippen LogP contribution in [0.25, 0.3) is 0 Å². The summed E-state index contributed by atoms with van der Waals surface area (Å²) in [5.74, 6) is 0.399. The molecular formula is C16H20ClN3OS. The molecule has 0 amide bonds. The Morgan fingerprint density at radius 1 is 1.23 bits per heavy atom. The van der Waals surface area contributed by atoms with Crippen LogP contribution in [0, 0.1) is 0 Å². The van der Waals surface area contributed by atoms with Crippen molar-refractivity contribution in [2.75, 3.05) is 18.0 Å². The number of hydrogen-bond donors (Lipinski definition) is 1. The van der Waals surface area contributed by atoms with Gasteiger partial charge in [0.25, 0.3) is 0 Å². The Kier molecular flexibility index (Phi) is 4.39. The minimum absolute atomic E-state index is 0.399. The second kappa shape index (κ2) is 6.14. The third kappa shape index (κ3) is 2.98. The molecule has 2 aromatic rings. The molecule has 0 saturated carbocycles. The summed E-state index contributed by atoms with van der Waals surface area (Å²) in [5.41, 5.74) is -0.0168. The molecule has 3 rings (SSSR count). The van der Waals surface area contributed by atoms with Gasteiger partial charge in [0.15, 0.2) is 0 Å². The first kappa shape index (κ1) is 15.7. The molecule has 1 aliphatic rings. The average Bonchev–Trinajstić information content (AvgIpc) is 2.98. The molecule has 1 aromatic carbocycles. The van der Waals surface area contributed by atoms with E-state index < -0.39 is 5.60 Å². The monoisotopic (exact) mass is 337 g/mol. The summed E-state index contributed by atoms with van der Waals surface area (Å²) >= 11 is 7.89. The molecule has 0 unspecified atom stereocenters. The molecule has 0 bridgehead atoms. The maximum absolute atomic E-state index is 10.9. The van der Waals surface area contributed by atoms with Gasteiger partial charge >= 0.3 is 0 Å². The van der Waals surface area contributed by atoms with Gasteiger partial charge in [-0.1, -0.05) is 55.0 Å². The first-order chi connectivity index (χ1) is 10.5. The fourth-order valence-electron chi connectivity index (χ4n) is 2.76. The molecule has 0 atom stereocenters. The fraction of sp³-hybridized carbons (Fsp3) is 0.500. The number of aromatic nitrogens is 2. The summed E-state index contributed by atoms with van der Waals surface area (Å²) in [5, 5.41) is 22.1. The van der Waals surface area contributed by atoms with Crippen LogP contribution in [0.2, 0.25) is 5.02 Å². The maximum atomic E-state index is 10.9. The van der Waals surface area contributed by atoms with E-state index >= 15 is 0 Å². The van der Waals surface area contributed by atoms with Crippen molar-refractivity contribution in [3.05, 3.63) is 39.9 Å². The molecule has 1 saturated heterocycles. The van der Waals surface area contributed by atoms with Crippen LogP contribution in [0.1, 0.15) is 43.2 Å². The summed E-state index contributed by atoms with van der Waals surface area (Å²) in [6.07, 6.45) is 1.29. The number of aliphatic hydroxyl groups is 1. The highest BCUT2D eigenvalue weighted by Crippen LogP contribution is 2.38. The van der Waals surface area contributed by atoms with Crippen LogP contribution < -0.4 is 4.90 Å². The van der Waals surface area contributed by atoms with Crippen molar-refractivity contribution in [1.82, 2.24) is 10.2 Å². The number of anilines is 1. The van der Waals surface area contributed by atoms with Gasteiger partial charge in [0.1, 0.15) is 5.01 Å². The van der Waals surface area contributed by atoms with E-state index in [2.05, 4.69) is 28.9 Å². The predicted octanol–water partition coefficient (Wildman–Crippen LogP) is 3.80. The van der Waals surface area contributed by atoms with Crippen molar-refractivity contribution in [3.8, 4) is 0 Å². The SMILES string of the molecule is CC(C)c1nnc(N2CCC(O)(c3ccccc3Cl)CC2)s1. The lowest BCUT2D eigenvalue weighted by Gasteiger charge is -2.38. The molecule has 0 aliphatic carbocycles. The number of halogens is 1. The number of piperidine rings is 1. The molecule has 0 spiro atoms. The molecule has 0 radical (unpaired) electrons. The summed E-state index contributed by atoms with van der Waals surface area (Å²) in [4.78, 5) is 2.20. The predicted molar refractivity (Wildman–Crippen MR) is 90.8 cm³/mol. The standard InChI is InChI=1S/C16H20ClN3OS/c1-11(2)14-18-19-15(22-14)20-9-7-16(21,8-10-20)12-5-3-4-6-13(12)17/h3-6,11,21H,7-10H2,1-2H3. The van der Waals surface area contributed by atoms with Crippen molar-refractivity contribution in [2.45, 2.75) is 38.2 Å². The van der Waals surface area contributed by atoms with Crippen LogP contribution in [0.4, 0.5) is 5.13 Å².